The Kier molecular flexibility index (Phi) is 4.07. The third-order valence-corrected chi connectivity index (χ3v) is 4.12. The number of amides is 1. The predicted octanol–water partition coefficient (Wildman–Crippen LogP) is 2.92. The Bertz CT molecular complexity index is 983. The molecule has 23 heavy (non-hydrogen) atoms. The van der Waals surface area contributed by atoms with Crippen molar-refractivity contribution in [1.82, 2.24) is 10.2 Å². The minimum atomic E-state index is -0.664. The van der Waals surface area contributed by atoms with Gasteiger partial charge in [-0.2, -0.15) is 5.10 Å². The molecule has 3 N–H and O–H groups in total. The third kappa shape index (κ3) is 2.93. The smallest absolute Gasteiger partial charge is 0.272 e. The van der Waals surface area contributed by atoms with Crippen molar-refractivity contribution in [3.63, 3.8) is 0 Å². The molecular weight excluding hydrogens is 337 g/mol. The Labute approximate surface area is 141 Å². The van der Waals surface area contributed by atoms with Gasteiger partial charge in [0.1, 0.15) is 0 Å². The summed E-state index contributed by atoms with van der Waals surface area (Å²) in [5, 5.41) is 8.33. The Morgan fingerprint density at radius 2 is 2.00 bits per heavy atom. The minimum Gasteiger partial charge on any atom is -0.366 e. The number of fused-ring (bicyclic) bond motifs is 1. The number of aromatic nitrogens is 2. The number of rotatable bonds is 3. The highest BCUT2D eigenvalue weighted by molar-refractivity contribution is 6.35. The highest BCUT2D eigenvalue weighted by atomic mass is 35.5. The number of benzene rings is 2. The summed E-state index contributed by atoms with van der Waals surface area (Å²) >= 11 is 12.1. The fourth-order valence-corrected chi connectivity index (χ4v) is 2.93. The summed E-state index contributed by atoms with van der Waals surface area (Å²) < 4.78 is 0. The molecule has 0 bridgehead atoms. The molecule has 2 aromatic carbocycles. The van der Waals surface area contributed by atoms with Crippen molar-refractivity contribution >= 4 is 39.9 Å². The monoisotopic (exact) mass is 347 g/mol. The molecule has 0 spiro atoms. The Morgan fingerprint density at radius 3 is 2.70 bits per heavy atom. The highest BCUT2D eigenvalue weighted by Gasteiger charge is 2.14. The number of nitrogens with two attached hydrogens (primary N) is 1. The van der Waals surface area contributed by atoms with Crippen LogP contribution in [0.5, 0.6) is 0 Å². The first-order valence-electron chi connectivity index (χ1n) is 6.71. The van der Waals surface area contributed by atoms with Crippen molar-refractivity contribution in [1.29, 1.82) is 0 Å². The topological polar surface area (TPSA) is 88.8 Å². The standard InChI is InChI=1S/C16H11Cl2N3O2/c17-9-5-4-8(12(18)7-9)6-13-10-2-1-3-11(15(19)22)14(10)16(23)21-20-13/h1-5,7H,6H2,(H2,19,22)(H,21,23). The second kappa shape index (κ2) is 6.02. The van der Waals surface area contributed by atoms with Gasteiger partial charge in [-0.05, 0) is 23.8 Å². The van der Waals surface area contributed by atoms with E-state index in [0.717, 1.165) is 5.56 Å². The van der Waals surface area contributed by atoms with Gasteiger partial charge in [-0.1, -0.05) is 41.4 Å². The predicted molar refractivity (Wildman–Crippen MR) is 90.1 cm³/mol. The van der Waals surface area contributed by atoms with E-state index in [1.54, 1.807) is 30.3 Å². The van der Waals surface area contributed by atoms with Gasteiger partial charge in [0.05, 0.1) is 16.6 Å². The van der Waals surface area contributed by atoms with Crippen LogP contribution in [0.25, 0.3) is 10.8 Å². The average Bonchev–Trinajstić information content (AvgIpc) is 2.52. The van der Waals surface area contributed by atoms with Gasteiger partial charge in [0, 0.05) is 21.9 Å². The molecule has 0 atom stereocenters. The quantitative estimate of drug-likeness (QED) is 0.763. The van der Waals surface area contributed by atoms with Crippen molar-refractivity contribution in [2.75, 3.05) is 0 Å². The van der Waals surface area contributed by atoms with Crippen molar-refractivity contribution in [2.24, 2.45) is 5.73 Å². The molecule has 0 saturated heterocycles. The van der Waals surface area contributed by atoms with Crippen LogP contribution in [-0.4, -0.2) is 16.1 Å². The van der Waals surface area contributed by atoms with E-state index >= 15 is 0 Å². The van der Waals surface area contributed by atoms with Crippen LogP contribution in [0.4, 0.5) is 0 Å². The normalized spacial score (nSPS) is 10.9. The minimum absolute atomic E-state index is 0.162. The molecule has 7 heteroatoms. The van der Waals surface area contributed by atoms with E-state index in [4.69, 9.17) is 28.9 Å². The summed E-state index contributed by atoms with van der Waals surface area (Å²) in [6.45, 7) is 0. The van der Waals surface area contributed by atoms with E-state index in [2.05, 4.69) is 10.2 Å². The van der Waals surface area contributed by atoms with E-state index in [0.29, 0.717) is 27.5 Å². The van der Waals surface area contributed by atoms with Crippen molar-refractivity contribution in [3.8, 4) is 0 Å². The van der Waals surface area contributed by atoms with Gasteiger partial charge < -0.3 is 5.73 Å². The van der Waals surface area contributed by atoms with Crippen molar-refractivity contribution in [2.45, 2.75) is 6.42 Å². The van der Waals surface area contributed by atoms with Crippen molar-refractivity contribution in [3.05, 3.63) is 73.6 Å². The lowest BCUT2D eigenvalue weighted by Crippen LogP contribution is -2.18. The van der Waals surface area contributed by atoms with Crippen LogP contribution >= 0.6 is 23.2 Å². The maximum atomic E-state index is 12.1. The van der Waals surface area contributed by atoms with Crippen LogP contribution in [0.1, 0.15) is 21.6 Å². The van der Waals surface area contributed by atoms with Gasteiger partial charge in [0.2, 0.25) is 5.91 Å². The molecule has 0 saturated carbocycles. The number of carbonyl (C=O) groups excluding carboxylic acids is 1. The third-order valence-electron chi connectivity index (χ3n) is 3.53. The van der Waals surface area contributed by atoms with E-state index in [-0.39, 0.29) is 10.9 Å². The summed E-state index contributed by atoms with van der Waals surface area (Å²) in [6, 6.07) is 10.1. The molecule has 1 aromatic heterocycles. The zero-order valence-corrected chi connectivity index (χ0v) is 13.3. The highest BCUT2D eigenvalue weighted by Crippen LogP contribution is 2.25. The Balaban J connectivity index is 2.19. The van der Waals surface area contributed by atoms with Gasteiger partial charge in [0.15, 0.2) is 0 Å². The van der Waals surface area contributed by atoms with E-state index in [1.165, 1.54) is 6.07 Å². The van der Waals surface area contributed by atoms with E-state index < -0.39 is 11.5 Å². The van der Waals surface area contributed by atoms with Gasteiger partial charge in [0.25, 0.3) is 5.56 Å². The number of nitrogens with zero attached hydrogens (tertiary/aromatic N) is 1. The molecule has 0 unspecified atom stereocenters. The molecule has 1 heterocycles. The van der Waals surface area contributed by atoms with Gasteiger partial charge in [-0.25, -0.2) is 5.10 Å². The number of halogens is 2. The average molecular weight is 348 g/mol. The van der Waals surface area contributed by atoms with Crippen LogP contribution in [0.3, 0.4) is 0 Å². The lowest BCUT2D eigenvalue weighted by molar-refractivity contribution is 0.100. The van der Waals surface area contributed by atoms with Crippen LogP contribution in [0, 0.1) is 0 Å². The molecular formula is C16H11Cl2N3O2. The molecule has 0 aliphatic rings. The maximum absolute atomic E-state index is 12.1. The van der Waals surface area contributed by atoms with Crippen LogP contribution in [0.2, 0.25) is 10.0 Å². The zero-order valence-electron chi connectivity index (χ0n) is 11.8. The number of primary amides is 1. The molecule has 3 aromatic rings. The molecule has 0 radical (unpaired) electrons. The fraction of sp³-hybridized carbons (Fsp3) is 0.0625. The van der Waals surface area contributed by atoms with E-state index in [1.807, 2.05) is 0 Å². The Hall–Kier alpha value is -2.37. The summed E-state index contributed by atoms with van der Waals surface area (Å²) in [4.78, 5) is 23.6. The first-order chi connectivity index (χ1) is 11.0. The van der Waals surface area contributed by atoms with Crippen molar-refractivity contribution < 1.29 is 4.79 Å². The van der Waals surface area contributed by atoms with Gasteiger partial charge >= 0.3 is 0 Å². The van der Waals surface area contributed by atoms with Gasteiger partial charge in [-0.15, -0.1) is 0 Å². The van der Waals surface area contributed by atoms with Crippen LogP contribution in [0.15, 0.2) is 41.2 Å². The van der Waals surface area contributed by atoms with Gasteiger partial charge in [-0.3, -0.25) is 9.59 Å². The summed E-state index contributed by atoms with van der Waals surface area (Å²) in [6.07, 6.45) is 0.380. The van der Waals surface area contributed by atoms with Crippen LogP contribution < -0.4 is 11.3 Å². The zero-order chi connectivity index (χ0) is 16.6. The molecule has 5 nitrogen and oxygen atoms in total. The number of hydrogen-bond donors (Lipinski definition) is 2. The number of nitrogens with one attached hydrogen (secondary N) is 1. The largest absolute Gasteiger partial charge is 0.366 e. The SMILES string of the molecule is NC(=O)c1cccc2c(Cc3ccc(Cl)cc3Cl)n[nH]c(=O)c12. The fourth-order valence-electron chi connectivity index (χ4n) is 2.46. The number of aromatic amines is 1. The molecule has 0 aliphatic heterocycles. The molecule has 0 aliphatic carbocycles. The number of carbonyl (C=O) groups is 1. The molecule has 1 amide bonds. The Morgan fingerprint density at radius 1 is 1.22 bits per heavy atom. The summed E-state index contributed by atoms with van der Waals surface area (Å²) in [7, 11) is 0. The maximum Gasteiger partial charge on any atom is 0.272 e. The molecule has 0 fully saturated rings. The summed E-state index contributed by atoms with van der Waals surface area (Å²) in [5.74, 6) is -0.664. The lowest BCUT2D eigenvalue weighted by Gasteiger charge is -2.08. The second-order valence-corrected chi connectivity index (χ2v) is 5.85. The first-order valence-corrected chi connectivity index (χ1v) is 7.47. The number of hydrogen-bond acceptors (Lipinski definition) is 3. The lowest BCUT2D eigenvalue weighted by atomic mass is 10.0. The number of H-pyrrole nitrogens is 1. The van der Waals surface area contributed by atoms with Crippen LogP contribution in [-0.2, 0) is 6.42 Å². The molecule has 3 rings (SSSR count). The second-order valence-electron chi connectivity index (χ2n) is 5.00. The first kappa shape index (κ1) is 15.5. The summed E-state index contributed by atoms with van der Waals surface area (Å²) in [5.41, 5.74) is 6.44. The van der Waals surface area contributed by atoms with E-state index in [9.17, 15) is 9.59 Å². The molecule has 116 valence electrons.